The Morgan fingerprint density at radius 1 is 1.47 bits per heavy atom. The largest absolute Gasteiger partial charge is 0.328 e. The summed E-state index contributed by atoms with van der Waals surface area (Å²) < 4.78 is 0.880. The van der Waals surface area contributed by atoms with Crippen LogP contribution in [0.1, 0.15) is 5.69 Å². The van der Waals surface area contributed by atoms with Gasteiger partial charge in [-0.3, -0.25) is 0 Å². The molecule has 0 spiro atoms. The second-order valence-electron chi connectivity index (χ2n) is 3.17. The van der Waals surface area contributed by atoms with Crippen molar-refractivity contribution in [3.05, 3.63) is 39.6 Å². The number of nitrogens with zero attached hydrogens (tertiary/aromatic N) is 1. The lowest BCUT2D eigenvalue weighted by atomic mass is 10.3. The molecule has 1 aromatic carbocycles. The van der Waals surface area contributed by atoms with Crippen molar-refractivity contribution in [3.8, 4) is 0 Å². The van der Waals surface area contributed by atoms with Crippen LogP contribution in [0, 0.1) is 6.92 Å². The highest BCUT2D eigenvalue weighted by atomic mass is 79.9. The predicted molar refractivity (Wildman–Crippen MR) is 65.8 cm³/mol. The summed E-state index contributed by atoms with van der Waals surface area (Å²) in [5.41, 5.74) is 1.92. The Morgan fingerprint density at radius 2 is 2.27 bits per heavy atom. The maximum absolute atomic E-state index is 5.97. The van der Waals surface area contributed by atoms with Crippen LogP contribution < -0.4 is 5.32 Å². The highest BCUT2D eigenvalue weighted by Gasteiger charge is 2.01. The average molecular weight is 287 g/mol. The average Bonchev–Trinajstić information content (AvgIpc) is 2.58. The molecule has 0 aliphatic carbocycles. The van der Waals surface area contributed by atoms with E-state index in [2.05, 4.69) is 31.2 Å². The Balaban J connectivity index is 2.21. The van der Waals surface area contributed by atoms with E-state index in [-0.39, 0.29) is 0 Å². The van der Waals surface area contributed by atoms with E-state index in [1.54, 1.807) is 6.20 Å². The Hall–Kier alpha value is -1.00. The van der Waals surface area contributed by atoms with Gasteiger partial charge in [0, 0.05) is 22.1 Å². The fourth-order valence-corrected chi connectivity index (χ4v) is 1.61. The van der Waals surface area contributed by atoms with Crippen LogP contribution in [0.25, 0.3) is 0 Å². The molecular weight excluding hydrogens is 277 g/mol. The van der Waals surface area contributed by atoms with Crippen molar-refractivity contribution in [1.29, 1.82) is 0 Å². The number of hydrogen-bond acceptors (Lipinski definition) is 2. The van der Waals surface area contributed by atoms with E-state index in [4.69, 9.17) is 11.6 Å². The minimum absolute atomic E-state index is 0.670. The van der Waals surface area contributed by atoms with Crippen LogP contribution in [-0.4, -0.2) is 9.97 Å². The number of anilines is 2. The summed E-state index contributed by atoms with van der Waals surface area (Å²) in [5.74, 6) is 0.714. The molecule has 0 aliphatic rings. The van der Waals surface area contributed by atoms with E-state index in [0.717, 1.165) is 15.9 Å². The van der Waals surface area contributed by atoms with Gasteiger partial charge in [-0.15, -0.1) is 0 Å². The molecule has 5 heteroatoms. The lowest BCUT2D eigenvalue weighted by Crippen LogP contribution is -1.92. The zero-order valence-corrected chi connectivity index (χ0v) is 10.4. The number of H-pyrrole nitrogens is 1. The van der Waals surface area contributed by atoms with E-state index in [9.17, 15) is 0 Å². The van der Waals surface area contributed by atoms with Gasteiger partial charge < -0.3 is 10.3 Å². The number of benzene rings is 1. The van der Waals surface area contributed by atoms with Crippen molar-refractivity contribution < 1.29 is 0 Å². The minimum Gasteiger partial charge on any atom is -0.328 e. The quantitative estimate of drug-likeness (QED) is 0.879. The number of aromatic nitrogens is 2. The van der Waals surface area contributed by atoms with Crippen molar-refractivity contribution in [2.24, 2.45) is 0 Å². The summed E-state index contributed by atoms with van der Waals surface area (Å²) >= 11 is 9.30. The monoisotopic (exact) mass is 285 g/mol. The van der Waals surface area contributed by atoms with Gasteiger partial charge in [0.1, 0.15) is 0 Å². The molecule has 1 aromatic heterocycles. The van der Waals surface area contributed by atoms with Crippen LogP contribution in [0.3, 0.4) is 0 Å². The summed E-state index contributed by atoms with van der Waals surface area (Å²) in [7, 11) is 0. The number of rotatable bonds is 2. The van der Waals surface area contributed by atoms with Gasteiger partial charge in [-0.1, -0.05) is 11.6 Å². The minimum atomic E-state index is 0.670. The Labute approximate surface area is 101 Å². The summed E-state index contributed by atoms with van der Waals surface area (Å²) in [5, 5.41) is 3.79. The molecule has 78 valence electrons. The molecule has 2 aromatic rings. The second-order valence-corrected chi connectivity index (χ2v) is 4.43. The third-order valence-electron chi connectivity index (χ3n) is 1.89. The summed E-state index contributed by atoms with van der Waals surface area (Å²) in [6, 6.07) is 5.65. The van der Waals surface area contributed by atoms with Crippen molar-refractivity contribution in [2.45, 2.75) is 6.92 Å². The summed E-state index contributed by atoms with van der Waals surface area (Å²) in [4.78, 5) is 7.22. The van der Waals surface area contributed by atoms with Crippen LogP contribution in [0.2, 0.25) is 5.02 Å². The number of aromatic amines is 1. The first-order valence-electron chi connectivity index (χ1n) is 4.39. The summed E-state index contributed by atoms with van der Waals surface area (Å²) in [6.07, 6.45) is 1.77. The van der Waals surface area contributed by atoms with Gasteiger partial charge in [0.15, 0.2) is 0 Å². The Morgan fingerprint density at radius 3 is 2.87 bits per heavy atom. The van der Waals surface area contributed by atoms with Crippen LogP contribution in [0.4, 0.5) is 11.6 Å². The van der Waals surface area contributed by atoms with Crippen molar-refractivity contribution >= 4 is 39.2 Å². The molecular formula is C10H9BrClN3. The molecule has 0 saturated heterocycles. The third-order valence-corrected chi connectivity index (χ3v) is 3.12. The molecule has 1 heterocycles. The molecule has 0 atom stereocenters. The van der Waals surface area contributed by atoms with E-state index in [0.29, 0.717) is 11.0 Å². The maximum Gasteiger partial charge on any atom is 0.204 e. The molecule has 15 heavy (non-hydrogen) atoms. The molecule has 0 radical (unpaired) electrons. The first kappa shape index (κ1) is 10.5. The lowest BCUT2D eigenvalue weighted by molar-refractivity contribution is 1.24. The standard InChI is InChI=1S/C10H9BrClN3/c1-6-5-13-10(14-6)15-7-2-3-8(11)9(12)4-7/h2-5H,1H3,(H2,13,14,15). The van der Waals surface area contributed by atoms with E-state index < -0.39 is 0 Å². The fraction of sp³-hybridized carbons (Fsp3) is 0.100. The lowest BCUT2D eigenvalue weighted by Gasteiger charge is -2.04. The molecule has 0 saturated carbocycles. The van der Waals surface area contributed by atoms with Gasteiger partial charge in [0.05, 0.1) is 5.02 Å². The van der Waals surface area contributed by atoms with Crippen LogP contribution in [-0.2, 0) is 0 Å². The predicted octanol–water partition coefficient (Wildman–Crippen LogP) is 3.88. The summed E-state index contributed by atoms with van der Waals surface area (Å²) in [6.45, 7) is 1.95. The van der Waals surface area contributed by atoms with Crippen molar-refractivity contribution in [3.63, 3.8) is 0 Å². The molecule has 2 rings (SSSR count). The van der Waals surface area contributed by atoms with Crippen molar-refractivity contribution in [2.75, 3.05) is 5.32 Å². The van der Waals surface area contributed by atoms with Gasteiger partial charge in [-0.2, -0.15) is 0 Å². The van der Waals surface area contributed by atoms with E-state index in [1.807, 2.05) is 25.1 Å². The number of hydrogen-bond donors (Lipinski definition) is 2. The third kappa shape index (κ3) is 2.52. The molecule has 0 bridgehead atoms. The van der Waals surface area contributed by atoms with E-state index >= 15 is 0 Å². The molecule has 2 N–H and O–H groups in total. The van der Waals surface area contributed by atoms with Gasteiger partial charge in [0.25, 0.3) is 0 Å². The van der Waals surface area contributed by atoms with Crippen LogP contribution >= 0.6 is 27.5 Å². The van der Waals surface area contributed by atoms with Gasteiger partial charge in [-0.05, 0) is 41.1 Å². The first-order valence-corrected chi connectivity index (χ1v) is 5.56. The van der Waals surface area contributed by atoms with Crippen LogP contribution in [0.15, 0.2) is 28.9 Å². The Kier molecular flexibility index (Phi) is 2.98. The van der Waals surface area contributed by atoms with E-state index in [1.165, 1.54) is 0 Å². The Bertz CT molecular complexity index is 481. The molecule has 3 nitrogen and oxygen atoms in total. The number of imidazole rings is 1. The molecule has 0 aliphatic heterocycles. The zero-order valence-electron chi connectivity index (χ0n) is 8.01. The number of aryl methyl sites for hydroxylation is 1. The van der Waals surface area contributed by atoms with Gasteiger partial charge in [-0.25, -0.2) is 4.98 Å². The van der Waals surface area contributed by atoms with Gasteiger partial charge >= 0.3 is 0 Å². The second kappa shape index (κ2) is 4.24. The maximum atomic E-state index is 5.97. The van der Waals surface area contributed by atoms with Crippen molar-refractivity contribution in [1.82, 2.24) is 9.97 Å². The van der Waals surface area contributed by atoms with Crippen LogP contribution in [0.5, 0.6) is 0 Å². The molecule has 0 unspecified atom stereocenters. The normalized spacial score (nSPS) is 10.3. The molecule has 0 fully saturated rings. The fourth-order valence-electron chi connectivity index (χ4n) is 1.19. The zero-order chi connectivity index (χ0) is 10.8. The van der Waals surface area contributed by atoms with Gasteiger partial charge in [0.2, 0.25) is 5.95 Å². The topological polar surface area (TPSA) is 40.7 Å². The number of halogens is 2. The highest BCUT2D eigenvalue weighted by Crippen LogP contribution is 2.26. The molecule has 0 amide bonds. The SMILES string of the molecule is Cc1cnc(Nc2ccc(Br)c(Cl)c2)[nH]1. The smallest absolute Gasteiger partial charge is 0.204 e. The number of nitrogens with one attached hydrogen (secondary N) is 2. The highest BCUT2D eigenvalue weighted by molar-refractivity contribution is 9.10. The first-order chi connectivity index (χ1) is 7.15.